The van der Waals surface area contributed by atoms with E-state index in [1.807, 2.05) is 12.1 Å². The number of nitro groups is 1. The molecule has 1 saturated carbocycles. The SMILES string of the molecule is COc1ccc(OC)c2c1[C@@H](c1ccc([N+](=O)[O-])cc1)O[C@@H]1CCCC[C@H]21. The van der Waals surface area contributed by atoms with Crippen LogP contribution in [0, 0.1) is 10.1 Å². The Morgan fingerprint density at radius 1 is 0.963 bits per heavy atom. The van der Waals surface area contributed by atoms with Crippen LogP contribution in [0.2, 0.25) is 0 Å². The highest BCUT2D eigenvalue weighted by molar-refractivity contribution is 5.56. The number of fused-ring (bicyclic) bond motifs is 3. The number of nitro benzene ring substituents is 1. The Morgan fingerprint density at radius 2 is 1.59 bits per heavy atom. The topological polar surface area (TPSA) is 70.8 Å². The number of benzene rings is 2. The van der Waals surface area contributed by atoms with Crippen molar-refractivity contribution in [3.8, 4) is 11.5 Å². The normalized spacial score (nSPS) is 23.9. The molecule has 0 unspecified atom stereocenters. The third-order valence-electron chi connectivity index (χ3n) is 5.70. The lowest BCUT2D eigenvalue weighted by Gasteiger charge is -2.42. The van der Waals surface area contributed by atoms with Crippen LogP contribution in [0.25, 0.3) is 0 Å². The summed E-state index contributed by atoms with van der Waals surface area (Å²) in [5.41, 5.74) is 3.10. The second-order valence-corrected chi connectivity index (χ2v) is 7.09. The number of nitrogens with zero attached hydrogens (tertiary/aromatic N) is 1. The first-order valence-corrected chi connectivity index (χ1v) is 9.28. The van der Waals surface area contributed by atoms with Gasteiger partial charge in [-0.1, -0.05) is 12.8 Å². The molecule has 6 heteroatoms. The maximum Gasteiger partial charge on any atom is 0.269 e. The third-order valence-corrected chi connectivity index (χ3v) is 5.70. The minimum atomic E-state index is -0.389. The predicted molar refractivity (Wildman–Crippen MR) is 101 cm³/mol. The van der Waals surface area contributed by atoms with Gasteiger partial charge in [-0.2, -0.15) is 0 Å². The summed E-state index contributed by atoms with van der Waals surface area (Å²) in [6.07, 6.45) is 4.18. The van der Waals surface area contributed by atoms with Crippen molar-refractivity contribution >= 4 is 5.69 Å². The summed E-state index contributed by atoms with van der Waals surface area (Å²) in [5, 5.41) is 11.0. The van der Waals surface area contributed by atoms with Gasteiger partial charge in [0.2, 0.25) is 0 Å². The summed E-state index contributed by atoms with van der Waals surface area (Å²) in [7, 11) is 3.35. The van der Waals surface area contributed by atoms with Crippen molar-refractivity contribution < 1.29 is 19.1 Å². The smallest absolute Gasteiger partial charge is 0.269 e. The lowest BCUT2D eigenvalue weighted by molar-refractivity contribution is -0.384. The molecule has 4 rings (SSSR count). The number of rotatable bonds is 4. The summed E-state index contributed by atoms with van der Waals surface area (Å²) < 4.78 is 17.9. The molecule has 1 heterocycles. The van der Waals surface area contributed by atoms with Gasteiger partial charge in [0.05, 0.1) is 25.2 Å². The first-order chi connectivity index (χ1) is 13.1. The van der Waals surface area contributed by atoms with Gasteiger partial charge in [-0.3, -0.25) is 10.1 Å². The van der Waals surface area contributed by atoms with Gasteiger partial charge in [-0.25, -0.2) is 0 Å². The average Bonchev–Trinajstić information content (AvgIpc) is 2.72. The molecule has 1 fully saturated rings. The fourth-order valence-electron chi connectivity index (χ4n) is 4.45. The average molecular weight is 369 g/mol. The van der Waals surface area contributed by atoms with E-state index in [2.05, 4.69) is 0 Å². The van der Waals surface area contributed by atoms with Gasteiger partial charge < -0.3 is 14.2 Å². The van der Waals surface area contributed by atoms with Gasteiger partial charge in [-0.15, -0.1) is 0 Å². The Kier molecular flexibility index (Phi) is 4.74. The molecule has 2 aromatic carbocycles. The molecule has 1 aliphatic heterocycles. The maximum absolute atomic E-state index is 11.0. The fraction of sp³-hybridized carbons (Fsp3) is 0.429. The van der Waals surface area contributed by atoms with Gasteiger partial charge >= 0.3 is 0 Å². The van der Waals surface area contributed by atoms with Crippen molar-refractivity contribution in [1.29, 1.82) is 0 Å². The summed E-state index contributed by atoms with van der Waals surface area (Å²) in [6.45, 7) is 0. The van der Waals surface area contributed by atoms with Crippen LogP contribution in [0.4, 0.5) is 5.69 Å². The molecule has 6 nitrogen and oxygen atoms in total. The molecule has 0 N–H and O–H groups in total. The molecule has 0 amide bonds. The summed E-state index contributed by atoms with van der Waals surface area (Å²) >= 11 is 0. The minimum Gasteiger partial charge on any atom is -0.496 e. The van der Waals surface area contributed by atoms with Crippen LogP contribution < -0.4 is 9.47 Å². The first-order valence-electron chi connectivity index (χ1n) is 9.28. The van der Waals surface area contributed by atoms with E-state index in [9.17, 15) is 10.1 Å². The van der Waals surface area contributed by atoms with Crippen molar-refractivity contribution in [3.05, 3.63) is 63.2 Å². The number of methoxy groups -OCH3 is 2. The van der Waals surface area contributed by atoms with Gasteiger partial charge in [-0.05, 0) is 42.7 Å². The number of hydrogen-bond acceptors (Lipinski definition) is 5. The number of non-ortho nitro benzene ring substituents is 1. The van der Waals surface area contributed by atoms with Gasteiger partial charge in [0.15, 0.2) is 0 Å². The molecule has 2 aromatic rings. The second-order valence-electron chi connectivity index (χ2n) is 7.09. The lowest BCUT2D eigenvalue weighted by Crippen LogP contribution is -2.34. The molecule has 1 aliphatic carbocycles. The molecule has 0 saturated heterocycles. The Morgan fingerprint density at radius 3 is 2.22 bits per heavy atom. The van der Waals surface area contributed by atoms with E-state index in [0.29, 0.717) is 0 Å². The molecule has 0 bridgehead atoms. The second kappa shape index (κ2) is 7.19. The summed E-state index contributed by atoms with van der Waals surface area (Å²) in [5.74, 6) is 1.91. The molecule has 0 aromatic heterocycles. The van der Waals surface area contributed by atoms with Crippen molar-refractivity contribution in [2.24, 2.45) is 0 Å². The highest BCUT2D eigenvalue weighted by atomic mass is 16.6. The zero-order valence-electron chi connectivity index (χ0n) is 15.5. The van der Waals surface area contributed by atoms with Gasteiger partial charge in [0.1, 0.15) is 17.6 Å². The van der Waals surface area contributed by atoms with E-state index in [-0.39, 0.29) is 28.7 Å². The summed E-state index contributed by atoms with van der Waals surface area (Å²) in [6, 6.07) is 10.5. The fourth-order valence-corrected chi connectivity index (χ4v) is 4.45. The van der Waals surface area contributed by atoms with E-state index in [1.165, 1.54) is 18.6 Å². The predicted octanol–water partition coefficient (Wildman–Crippen LogP) is 4.76. The lowest BCUT2D eigenvalue weighted by atomic mass is 9.75. The van der Waals surface area contributed by atoms with Crippen molar-refractivity contribution in [2.75, 3.05) is 14.2 Å². The molecule has 0 spiro atoms. The van der Waals surface area contributed by atoms with E-state index >= 15 is 0 Å². The third kappa shape index (κ3) is 3.04. The van der Waals surface area contributed by atoms with Crippen molar-refractivity contribution in [2.45, 2.75) is 43.8 Å². The highest BCUT2D eigenvalue weighted by Crippen LogP contribution is 2.52. The van der Waals surface area contributed by atoms with Crippen LogP contribution in [-0.4, -0.2) is 25.2 Å². The monoisotopic (exact) mass is 369 g/mol. The first kappa shape index (κ1) is 17.8. The maximum atomic E-state index is 11.0. The Bertz CT molecular complexity index is 848. The number of ether oxygens (including phenoxy) is 3. The molecule has 2 aliphatic rings. The number of hydrogen-bond donors (Lipinski definition) is 0. The summed E-state index contributed by atoms with van der Waals surface area (Å²) in [4.78, 5) is 10.6. The van der Waals surface area contributed by atoms with Gasteiger partial charge in [0.25, 0.3) is 5.69 Å². The van der Waals surface area contributed by atoms with E-state index in [4.69, 9.17) is 14.2 Å². The molecule has 142 valence electrons. The molecule has 3 atom stereocenters. The Balaban J connectivity index is 1.87. The van der Waals surface area contributed by atoms with Crippen LogP contribution in [0.3, 0.4) is 0 Å². The van der Waals surface area contributed by atoms with E-state index < -0.39 is 0 Å². The largest absolute Gasteiger partial charge is 0.496 e. The Hall–Kier alpha value is -2.60. The Labute approximate surface area is 158 Å². The van der Waals surface area contributed by atoms with Crippen LogP contribution >= 0.6 is 0 Å². The molecular formula is C21H23NO5. The molecular weight excluding hydrogens is 346 g/mol. The zero-order chi connectivity index (χ0) is 19.0. The van der Waals surface area contributed by atoms with E-state index in [0.717, 1.165) is 47.5 Å². The minimum absolute atomic E-state index is 0.0722. The van der Waals surface area contributed by atoms with Crippen LogP contribution in [0.1, 0.15) is 54.4 Å². The van der Waals surface area contributed by atoms with Crippen LogP contribution in [0.15, 0.2) is 36.4 Å². The highest BCUT2D eigenvalue weighted by Gasteiger charge is 2.41. The van der Waals surface area contributed by atoms with Crippen molar-refractivity contribution in [3.63, 3.8) is 0 Å². The van der Waals surface area contributed by atoms with Crippen molar-refractivity contribution in [1.82, 2.24) is 0 Å². The van der Waals surface area contributed by atoms with E-state index in [1.54, 1.807) is 26.4 Å². The zero-order valence-corrected chi connectivity index (χ0v) is 15.5. The standard InChI is InChI=1S/C21H23NO5/c1-25-17-11-12-18(26-2)20-19(17)15-5-3-4-6-16(15)27-21(20)13-7-9-14(10-8-13)22(23)24/h7-12,15-16,21H,3-6H2,1-2H3/t15-,16+,21+/m0/s1. The quantitative estimate of drug-likeness (QED) is 0.574. The van der Waals surface area contributed by atoms with Gasteiger partial charge in [0, 0.05) is 29.2 Å². The molecule has 27 heavy (non-hydrogen) atoms. The molecule has 0 radical (unpaired) electrons. The van der Waals surface area contributed by atoms with Crippen LogP contribution in [0.5, 0.6) is 11.5 Å². The van der Waals surface area contributed by atoms with Crippen LogP contribution in [-0.2, 0) is 4.74 Å².